The number of nitrogens with zero attached hydrogens (tertiary/aromatic N) is 2. The number of carbonyl (C=O) groups is 1. The second-order valence-corrected chi connectivity index (χ2v) is 8.83. The number of ether oxygens (including phenoxy) is 1. The van der Waals surface area contributed by atoms with Gasteiger partial charge in [-0.1, -0.05) is 17.7 Å². The lowest BCUT2D eigenvalue weighted by atomic mass is 10.1. The summed E-state index contributed by atoms with van der Waals surface area (Å²) in [4.78, 5) is 14.8. The van der Waals surface area contributed by atoms with Gasteiger partial charge in [-0.15, -0.1) is 0 Å². The van der Waals surface area contributed by atoms with Crippen LogP contribution in [-0.4, -0.2) is 46.0 Å². The van der Waals surface area contributed by atoms with Gasteiger partial charge >= 0.3 is 0 Å². The molecule has 0 saturated carbocycles. The van der Waals surface area contributed by atoms with Crippen LogP contribution in [0, 0.1) is 6.92 Å². The first-order valence-corrected chi connectivity index (χ1v) is 10.9. The van der Waals surface area contributed by atoms with Crippen molar-refractivity contribution in [2.24, 2.45) is 0 Å². The zero-order valence-corrected chi connectivity index (χ0v) is 17.1. The molecule has 0 bridgehead atoms. The third-order valence-corrected chi connectivity index (χ3v) is 6.75. The van der Waals surface area contributed by atoms with Crippen molar-refractivity contribution in [2.75, 3.05) is 31.0 Å². The second-order valence-electron chi connectivity index (χ2n) is 6.96. The molecule has 0 radical (unpaired) electrons. The van der Waals surface area contributed by atoms with E-state index in [4.69, 9.17) is 4.74 Å². The fourth-order valence-electron chi connectivity index (χ4n) is 3.27. The number of sulfonamides is 1. The van der Waals surface area contributed by atoms with Gasteiger partial charge in [0, 0.05) is 13.1 Å². The van der Waals surface area contributed by atoms with Crippen LogP contribution in [0.25, 0.3) is 0 Å². The van der Waals surface area contributed by atoms with E-state index in [1.165, 1.54) is 4.31 Å². The Bertz CT molecular complexity index is 902. The molecule has 3 rings (SSSR count). The minimum atomic E-state index is -3.88. The fraction of sp³-hybridized carbons (Fsp3) is 0.381. The first kappa shape index (κ1) is 20.2. The van der Waals surface area contributed by atoms with Gasteiger partial charge < -0.3 is 9.64 Å². The number of likely N-dealkylation sites (tertiary alicyclic amines) is 1. The molecule has 0 N–H and O–H groups in total. The Kier molecular flexibility index (Phi) is 6.24. The standard InChI is InChI=1S/C21H26N2O4S/c1-17-6-12-20(13-7-17)28(25,26)23(18-8-10-19(27-2)11-9-18)16-21(24)22-14-4-3-5-15-22/h6-13H,3-5,14-16H2,1-2H3. The lowest BCUT2D eigenvalue weighted by molar-refractivity contribution is -0.130. The van der Waals surface area contributed by atoms with Crippen LogP contribution in [0.5, 0.6) is 5.75 Å². The van der Waals surface area contributed by atoms with Crippen LogP contribution in [0.1, 0.15) is 24.8 Å². The van der Waals surface area contributed by atoms with E-state index in [-0.39, 0.29) is 17.3 Å². The highest BCUT2D eigenvalue weighted by Crippen LogP contribution is 2.26. The lowest BCUT2D eigenvalue weighted by Crippen LogP contribution is -2.44. The molecule has 28 heavy (non-hydrogen) atoms. The van der Waals surface area contributed by atoms with Gasteiger partial charge in [-0.2, -0.15) is 0 Å². The summed E-state index contributed by atoms with van der Waals surface area (Å²) < 4.78 is 33.0. The van der Waals surface area contributed by atoms with Gasteiger partial charge in [0.25, 0.3) is 10.0 Å². The molecule has 1 heterocycles. The topological polar surface area (TPSA) is 66.9 Å². The summed E-state index contributed by atoms with van der Waals surface area (Å²) in [5.74, 6) is 0.449. The summed E-state index contributed by atoms with van der Waals surface area (Å²) in [7, 11) is -2.33. The first-order chi connectivity index (χ1) is 13.4. The number of piperidine rings is 1. The van der Waals surface area contributed by atoms with Crippen LogP contribution in [0.3, 0.4) is 0 Å². The highest BCUT2D eigenvalue weighted by Gasteiger charge is 2.29. The molecular formula is C21H26N2O4S. The molecule has 0 aliphatic carbocycles. The van der Waals surface area contributed by atoms with Gasteiger partial charge in [-0.3, -0.25) is 9.10 Å². The number of benzene rings is 2. The maximum atomic E-state index is 13.3. The van der Waals surface area contributed by atoms with Gasteiger partial charge in [0.05, 0.1) is 17.7 Å². The van der Waals surface area contributed by atoms with Crippen molar-refractivity contribution >= 4 is 21.6 Å². The average molecular weight is 403 g/mol. The molecule has 7 heteroatoms. The van der Waals surface area contributed by atoms with Crippen LogP contribution in [0.15, 0.2) is 53.4 Å². The van der Waals surface area contributed by atoms with Crippen LogP contribution in [0.2, 0.25) is 0 Å². The van der Waals surface area contributed by atoms with E-state index in [0.29, 0.717) is 24.5 Å². The van der Waals surface area contributed by atoms with Gasteiger partial charge in [0.15, 0.2) is 0 Å². The van der Waals surface area contributed by atoms with Crippen molar-refractivity contribution in [2.45, 2.75) is 31.1 Å². The summed E-state index contributed by atoms with van der Waals surface area (Å²) in [6.45, 7) is 3.04. The Labute approximate surface area is 166 Å². The highest BCUT2D eigenvalue weighted by atomic mass is 32.2. The SMILES string of the molecule is COc1ccc(N(CC(=O)N2CCCCC2)S(=O)(=O)c2ccc(C)cc2)cc1. The van der Waals surface area contributed by atoms with E-state index in [9.17, 15) is 13.2 Å². The number of hydrogen-bond donors (Lipinski definition) is 0. The molecule has 0 spiro atoms. The van der Waals surface area contributed by atoms with Crippen molar-refractivity contribution < 1.29 is 17.9 Å². The lowest BCUT2D eigenvalue weighted by Gasteiger charge is -2.30. The summed E-state index contributed by atoms with van der Waals surface area (Å²) in [6, 6.07) is 13.4. The van der Waals surface area contributed by atoms with Crippen LogP contribution < -0.4 is 9.04 Å². The number of carbonyl (C=O) groups excluding carboxylic acids is 1. The van der Waals surface area contributed by atoms with E-state index in [0.717, 1.165) is 24.8 Å². The molecule has 1 saturated heterocycles. The molecule has 2 aromatic carbocycles. The monoisotopic (exact) mass is 402 g/mol. The Morgan fingerprint density at radius 1 is 1.00 bits per heavy atom. The number of methoxy groups -OCH3 is 1. The molecule has 0 aromatic heterocycles. The van der Waals surface area contributed by atoms with E-state index in [1.54, 1.807) is 60.5 Å². The van der Waals surface area contributed by atoms with Crippen LogP contribution >= 0.6 is 0 Å². The van der Waals surface area contributed by atoms with Crippen molar-refractivity contribution in [3.63, 3.8) is 0 Å². The summed E-state index contributed by atoms with van der Waals surface area (Å²) >= 11 is 0. The number of amides is 1. The molecular weight excluding hydrogens is 376 g/mol. The second kappa shape index (κ2) is 8.65. The normalized spacial score (nSPS) is 14.6. The zero-order chi connectivity index (χ0) is 20.1. The van der Waals surface area contributed by atoms with Crippen molar-refractivity contribution in [1.82, 2.24) is 4.90 Å². The number of anilines is 1. The average Bonchev–Trinajstić information content (AvgIpc) is 2.73. The molecule has 1 amide bonds. The summed E-state index contributed by atoms with van der Waals surface area (Å²) in [5.41, 5.74) is 1.41. The minimum Gasteiger partial charge on any atom is -0.497 e. The van der Waals surface area contributed by atoms with Crippen molar-refractivity contribution in [3.05, 3.63) is 54.1 Å². The van der Waals surface area contributed by atoms with Crippen LogP contribution in [0.4, 0.5) is 5.69 Å². The maximum absolute atomic E-state index is 13.3. The third kappa shape index (κ3) is 4.47. The smallest absolute Gasteiger partial charge is 0.264 e. The third-order valence-electron chi connectivity index (χ3n) is 4.96. The predicted octanol–water partition coefficient (Wildman–Crippen LogP) is 3.21. The molecule has 1 fully saturated rings. The van der Waals surface area contributed by atoms with Gasteiger partial charge in [-0.25, -0.2) is 8.42 Å². The molecule has 150 valence electrons. The molecule has 6 nitrogen and oxygen atoms in total. The molecule has 1 aliphatic heterocycles. The maximum Gasteiger partial charge on any atom is 0.264 e. The Balaban J connectivity index is 1.95. The number of rotatable bonds is 6. The molecule has 2 aromatic rings. The van der Waals surface area contributed by atoms with E-state index in [2.05, 4.69) is 0 Å². The van der Waals surface area contributed by atoms with E-state index in [1.807, 2.05) is 6.92 Å². The number of hydrogen-bond acceptors (Lipinski definition) is 4. The molecule has 0 atom stereocenters. The Morgan fingerprint density at radius 3 is 2.18 bits per heavy atom. The minimum absolute atomic E-state index is 0.167. The van der Waals surface area contributed by atoms with Gasteiger partial charge in [0.2, 0.25) is 5.91 Å². The first-order valence-electron chi connectivity index (χ1n) is 9.43. The van der Waals surface area contributed by atoms with Crippen molar-refractivity contribution in [3.8, 4) is 5.75 Å². The van der Waals surface area contributed by atoms with Gasteiger partial charge in [-0.05, 0) is 62.6 Å². The predicted molar refractivity (Wildman–Crippen MR) is 109 cm³/mol. The Morgan fingerprint density at radius 2 is 1.61 bits per heavy atom. The summed E-state index contributed by atoms with van der Waals surface area (Å²) in [6.07, 6.45) is 3.02. The Hall–Kier alpha value is -2.54. The fourth-order valence-corrected chi connectivity index (χ4v) is 4.68. The highest BCUT2D eigenvalue weighted by molar-refractivity contribution is 7.92. The van der Waals surface area contributed by atoms with E-state index >= 15 is 0 Å². The van der Waals surface area contributed by atoms with Crippen molar-refractivity contribution in [1.29, 1.82) is 0 Å². The van der Waals surface area contributed by atoms with E-state index < -0.39 is 10.0 Å². The number of aryl methyl sites for hydroxylation is 1. The van der Waals surface area contributed by atoms with Gasteiger partial charge in [0.1, 0.15) is 12.3 Å². The zero-order valence-electron chi connectivity index (χ0n) is 16.3. The van der Waals surface area contributed by atoms with Crippen LogP contribution in [-0.2, 0) is 14.8 Å². The molecule has 1 aliphatic rings. The summed E-state index contributed by atoms with van der Waals surface area (Å²) in [5, 5.41) is 0. The molecule has 0 unspecified atom stereocenters. The largest absolute Gasteiger partial charge is 0.497 e. The quantitative estimate of drug-likeness (QED) is 0.744.